The molecule has 0 spiro atoms. The molecule has 40 heavy (non-hydrogen) atoms. The first kappa shape index (κ1) is 27.9. The molecular formula is C30H27N3O4S3. The fourth-order valence-electron chi connectivity index (χ4n) is 4.34. The van der Waals surface area contributed by atoms with Gasteiger partial charge in [0.05, 0.1) is 16.6 Å². The number of β-lactam (4-membered cyclic amide) rings is 1. The van der Waals surface area contributed by atoms with Crippen LogP contribution in [0.4, 0.5) is 0 Å². The maximum absolute atomic E-state index is 13.5. The molecule has 0 saturated carbocycles. The number of benzene rings is 3. The highest BCUT2D eigenvalue weighted by atomic mass is 33.1. The molecule has 1 fully saturated rings. The van der Waals surface area contributed by atoms with Crippen LogP contribution in [0.15, 0.2) is 101 Å². The Hall–Kier alpha value is -3.60. The lowest BCUT2D eigenvalue weighted by molar-refractivity contribution is -0.163. The molecule has 204 valence electrons. The second-order valence-electron chi connectivity index (χ2n) is 9.31. The molecule has 3 atom stereocenters. The number of nitrogens with one attached hydrogen (secondary N) is 1. The molecule has 0 aliphatic carbocycles. The van der Waals surface area contributed by atoms with Gasteiger partial charge >= 0.3 is 5.97 Å². The van der Waals surface area contributed by atoms with Crippen molar-refractivity contribution in [3.63, 3.8) is 0 Å². The van der Waals surface area contributed by atoms with Crippen molar-refractivity contribution in [1.82, 2.24) is 15.2 Å². The molecule has 7 nitrogen and oxygen atoms in total. The van der Waals surface area contributed by atoms with E-state index in [1.807, 2.05) is 84.9 Å². The first-order chi connectivity index (χ1) is 19.4. The Labute approximate surface area is 244 Å². The number of hydrogen-bond acceptors (Lipinski definition) is 8. The van der Waals surface area contributed by atoms with E-state index >= 15 is 0 Å². The van der Waals surface area contributed by atoms with Crippen LogP contribution in [0.2, 0.25) is 0 Å². The van der Waals surface area contributed by atoms with Crippen LogP contribution in [0.5, 0.6) is 0 Å². The van der Waals surface area contributed by atoms with Crippen molar-refractivity contribution < 1.29 is 19.1 Å². The van der Waals surface area contributed by atoms with Gasteiger partial charge in [-0.2, -0.15) is 0 Å². The number of aromatic nitrogens is 1. The van der Waals surface area contributed by atoms with Crippen LogP contribution >= 0.6 is 32.9 Å². The van der Waals surface area contributed by atoms with Crippen molar-refractivity contribution in [3.8, 4) is 0 Å². The third kappa shape index (κ3) is 6.41. The van der Waals surface area contributed by atoms with Crippen LogP contribution in [0.3, 0.4) is 0 Å². The lowest BCUT2D eigenvalue weighted by Gasteiger charge is -2.49. The number of likely N-dealkylation sites (tertiary alicyclic amines) is 1. The van der Waals surface area contributed by atoms with E-state index in [1.54, 1.807) is 18.3 Å². The van der Waals surface area contributed by atoms with E-state index in [2.05, 4.69) is 16.9 Å². The first-order valence-corrected chi connectivity index (χ1v) is 15.6. The highest BCUT2D eigenvalue weighted by Gasteiger charge is 2.54. The number of rotatable bonds is 11. The summed E-state index contributed by atoms with van der Waals surface area (Å²) in [5, 5.41) is 2.35. The largest absolute Gasteiger partial charge is 0.459 e. The van der Waals surface area contributed by atoms with Gasteiger partial charge in [0, 0.05) is 0 Å². The van der Waals surface area contributed by atoms with Gasteiger partial charge < -0.3 is 15.0 Å². The zero-order chi connectivity index (χ0) is 28.1. The number of carbonyl (C=O) groups is 3. The normalized spacial score (nSPS) is 17.2. The number of nitrogens with zero attached hydrogens (tertiary/aromatic N) is 2. The molecule has 4 aromatic rings. The standard InChI is InChI=1S/C30H27N3O4S3/c1-19(2)26(29(36)37-18-21-13-7-4-8-14-21)33-27(35)25(32-24(34)17-20-11-5-3-6-12-20)28(33)39-40-30-31-22-15-9-10-16-23(22)38-30/h3-16,25-26,28H,1,17-18H2,2H3,(H,32,34). The summed E-state index contributed by atoms with van der Waals surface area (Å²) >= 11 is 1.55. The third-order valence-corrected chi connectivity index (χ3v) is 10.3. The Morgan fingerprint density at radius 1 is 1.02 bits per heavy atom. The number of ether oxygens (including phenoxy) is 1. The Bertz CT molecular complexity index is 1490. The number of para-hydroxylation sites is 1. The summed E-state index contributed by atoms with van der Waals surface area (Å²) < 4.78 is 7.47. The number of hydrogen-bond donors (Lipinski definition) is 1. The second-order valence-corrected chi connectivity index (χ2v) is 12.9. The number of amides is 2. The van der Waals surface area contributed by atoms with Crippen LogP contribution in [0.1, 0.15) is 18.1 Å². The van der Waals surface area contributed by atoms with E-state index in [4.69, 9.17) is 4.74 Å². The maximum Gasteiger partial charge on any atom is 0.333 e. The van der Waals surface area contributed by atoms with Crippen molar-refractivity contribution in [2.24, 2.45) is 0 Å². The predicted octanol–water partition coefficient (Wildman–Crippen LogP) is 5.62. The highest BCUT2D eigenvalue weighted by Crippen LogP contribution is 2.45. The Morgan fingerprint density at radius 3 is 2.35 bits per heavy atom. The third-order valence-electron chi connectivity index (χ3n) is 6.29. The fraction of sp³-hybridized carbons (Fsp3) is 0.200. The van der Waals surface area contributed by atoms with E-state index in [0.717, 1.165) is 25.7 Å². The first-order valence-electron chi connectivity index (χ1n) is 12.6. The number of esters is 1. The van der Waals surface area contributed by atoms with Gasteiger partial charge in [-0.25, -0.2) is 9.78 Å². The lowest BCUT2D eigenvalue weighted by Crippen LogP contribution is -2.73. The minimum absolute atomic E-state index is 0.0843. The lowest BCUT2D eigenvalue weighted by atomic mass is 9.99. The summed E-state index contributed by atoms with van der Waals surface area (Å²) in [6, 6.07) is 24.8. The van der Waals surface area contributed by atoms with Crippen molar-refractivity contribution >= 4 is 60.9 Å². The van der Waals surface area contributed by atoms with Gasteiger partial charge in [0.25, 0.3) is 0 Å². The molecule has 3 aromatic carbocycles. The average molecular weight is 590 g/mol. The van der Waals surface area contributed by atoms with Gasteiger partial charge in [-0.15, -0.1) is 11.3 Å². The van der Waals surface area contributed by atoms with Gasteiger partial charge in [-0.1, -0.05) is 90.2 Å². The second kappa shape index (κ2) is 12.7. The zero-order valence-electron chi connectivity index (χ0n) is 21.7. The van der Waals surface area contributed by atoms with E-state index < -0.39 is 23.4 Å². The van der Waals surface area contributed by atoms with Gasteiger partial charge in [-0.3, -0.25) is 9.59 Å². The van der Waals surface area contributed by atoms with Gasteiger partial charge in [-0.05, 0) is 46.6 Å². The molecule has 10 heteroatoms. The molecule has 0 radical (unpaired) electrons. The van der Waals surface area contributed by atoms with E-state index in [-0.39, 0.29) is 24.8 Å². The molecule has 2 heterocycles. The fourth-order valence-corrected chi connectivity index (χ4v) is 8.30. The van der Waals surface area contributed by atoms with Gasteiger partial charge in [0.15, 0.2) is 10.4 Å². The van der Waals surface area contributed by atoms with Gasteiger partial charge in [0.2, 0.25) is 11.8 Å². The van der Waals surface area contributed by atoms with Crippen molar-refractivity contribution in [3.05, 3.63) is 108 Å². The van der Waals surface area contributed by atoms with Crippen molar-refractivity contribution in [2.45, 2.75) is 41.7 Å². The Morgan fingerprint density at radius 2 is 1.68 bits per heavy atom. The van der Waals surface area contributed by atoms with Crippen LogP contribution in [-0.2, 0) is 32.1 Å². The monoisotopic (exact) mass is 589 g/mol. The Kier molecular flexibility index (Phi) is 8.88. The molecule has 1 aliphatic rings. The van der Waals surface area contributed by atoms with E-state index in [9.17, 15) is 14.4 Å². The minimum Gasteiger partial charge on any atom is -0.459 e. The molecular weight excluding hydrogens is 563 g/mol. The van der Waals surface area contributed by atoms with Crippen LogP contribution in [0, 0.1) is 0 Å². The smallest absolute Gasteiger partial charge is 0.333 e. The molecule has 1 saturated heterocycles. The molecule has 1 N–H and O–H groups in total. The molecule has 2 amide bonds. The highest BCUT2D eigenvalue weighted by molar-refractivity contribution is 8.77. The number of carbonyl (C=O) groups excluding carboxylic acids is 3. The molecule has 3 unspecified atom stereocenters. The number of fused-ring (bicyclic) bond motifs is 1. The number of thiazole rings is 1. The van der Waals surface area contributed by atoms with Crippen LogP contribution < -0.4 is 5.32 Å². The predicted molar refractivity (Wildman–Crippen MR) is 161 cm³/mol. The zero-order valence-corrected chi connectivity index (χ0v) is 24.1. The topological polar surface area (TPSA) is 88.6 Å². The van der Waals surface area contributed by atoms with E-state index in [1.165, 1.54) is 26.5 Å². The SMILES string of the molecule is C=C(C)C(C(=O)OCc1ccccc1)N1C(=O)C(NC(=O)Cc2ccccc2)C1SSc1nc2ccccc2s1. The summed E-state index contributed by atoms with van der Waals surface area (Å²) in [5.74, 6) is -1.18. The van der Waals surface area contributed by atoms with E-state index in [0.29, 0.717) is 5.57 Å². The summed E-state index contributed by atoms with van der Waals surface area (Å²) in [5.41, 5.74) is 3.07. The molecule has 1 aromatic heterocycles. The van der Waals surface area contributed by atoms with Crippen molar-refractivity contribution in [1.29, 1.82) is 0 Å². The minimum atomic E-state index is -0.980. The quantitative estimate of drug-likeness (QED) is 0.105. The molecule has 5 rings (SSSR count). The average Bonchev–Trinajstić information content (AvgIpc) is 3.38. The Balaban J connectivity index is 1.33. The summed E-state index contributed by atoms with van der Waals surface area (Å²) in [6.07, 6.45) is 0.149. The van der Waals surface area contributed by atoms with Crippen LogP contribution in [-0.4, -0.2) is 45.1 Å². The summed E-state index contributed by atoms with van der Waals surface area (Å²) in [4.78, 5) is 45.7. The van der Waals surface area contributed by atoms with Gasteiger partial charge in [0.1, 0.15) is 18.0 Å². The van der Waals surface area contributed by atoms with Crippen LogP contribution in [0.25, 0.3) is 10.2 Å². The maximum atomic E-state index is 13.5. The molecule has 0 bridgehead atoms. The summed E-state index contributed by atoms with van der Waals surface area (Å²) in [6.45, 7) is 5.77. The van der Waals surface area contributed by atoms with Crippen molar-refractivity contribution in [2.75, 3.05) is 0 Å². The molecule has 1 aliphatic heterocycles. The summed E-state index contributed by atoms with van der Waals surface area (Å²) in [7, 11) is 2.80.